The van der Waals surface area contributed by atoms with Crippen molar-refractivity contribution in [3.05, 3.63) is 33.9 Å². The van der Waals surface area contributed by atoms with Gasteiger partial charge in [0, 0.05) is 19.7 Å². The molecule has 2 aromatic rings. The van der Waals surface area contributed by atoms with E-state index in [0.29, 0.717) is 22.3 Å². The Hall–Kier alpha value is -2.29. The van der Waals surface area contributed by atoms with E-state index in [0.717, 1.165) is 0 Å². The smallest absolute Gasteiger partial charge is 0.255 e. The minimum absolute atomic E-state index is 0.116. The van der Waals surface area contributed by atoms with E-state index in [1.165, 1.54) is 19.4 Å². The van der Waals surface area contributed by atoms with E-state index in [1.54, 1.807) is 20.0 Å². The van der Waals surface area contributed by atoms with Gasteiger partial charge in [-0.15, -0.1) is 0 Å². The van der Waals surface area contributed by atoms with Crippen molar-refractivity contribution in [2.45, 2.75) is 13.0 Å². The number of ether oxygens (including phenoxy) is 1. The first kappa shape index (κ1) is 20.0. The Labute approximate surface area is 160 Å². The molecular weight excluding hydrogens is 381 g/mol. The average Bonchev–Trinajstić information content (AvgIpc) is 2.62. The lowest BCUT2D eigenvalue weighted by Crippen LogP contribution is -2.30. The predicted octanol–water partition coefficient (Wildman–Crippen LogP) is 2.69. The van der Waals surface area contributed by atoms with E-state index in [9.17, 15) is 9.90 Å². The molecule has 0 radical (unpaired) electrons. The molecule has 1 aromatic carbocycles. The zero-order valence-electron chi connectivity index (χ0n) is 14.4. The van der Waals surface area contributed by atoms with Crippen LogP contribution in [-0.2, 0) is 0 Å². The molecule has 1 atom stereocenters. The molecule has 2 rings (SSSR count). The number of halogens is 2. The van der Waals surface area contributed by atoms with Crippen LogP contribution in [0.2, 0.25) is 10.0 Å². The third kappa shape index (κ3) is 4.87. The molecule has 0 saturated heterocycles. The topological polar surface area (TPSA) is 108 Å². The molecule has 4 N–H and O–H groups in total. The van der Waals surface area contributed by atoms with Gasteiger partial charge in [-0.1, -0.05) is 23.2 Å². The van der Waals surface area contributed by atoms with Gasteiger partial charge in [-0.25, -0.2) is 4.98 Å². The number of aliphatic hydroxyl groups is 1. The summed E-state index contributed by atoms with van der Waals surface area (Å²) in [5, 5.41) is 18.4. The van der Waals surface area contributed by atoms with Crippen LogP contribution in [0.5, 0.6) is 5.75 Å². The number of aliphatic hydroxyl groups excluding tert-OH is 1. The maximum absolute atomic E-state index is 12.2. The van der Waals surface area contributed by atoms with Crippen LogP contribution in [0.25, 0.3) is 0 Å². The summed E-state index contributed by atoms with van der Waals surface area (Å²) in [6.07, 6.45) is 0.788. The van der Waals surface area contributed by atoms with Crippen molar-refractivity contribution in [3.8, 4) is 5.75 Å². The van der Waals surface area contributed by atoms with Crippen molar-refractivity contribution in [1.29, 1.82) is 0 Å². The summed E-state index contributed by atoms with van der Waals surface area (Å²) in [5.74, 6) is 0.634. The molecule has 0 spiro atoms. The fraction of sp³-hybridized carbons (Fsp3) is 0.312. The van der Waals surface area contributed by atoms with Gasteiger partial charge >= 0.3 is 0 Å². The molecule has 10 heteroatoms. The maximum atomic E-state index is 12.2. The van der Waals surface area contributed by atoms with Crippen LogP contribution in [0.15, 0.2) is 18.3 Å². The summed E-state index contributed by atoms with van der Waals surface area (Å²) in [5.41, 5.74) is 0.705. The van der Waals surface area contributed by atoms with Crippen molar-refractivity contribution < 1.29 is 14.6 Å². The molecule has 0 aliphatic heterocycles. The summed E-state index contributed by atoms with van der Waals surface area (Å²) < 4.78 is 5.27. The summed E-state index contributed by atoms with van der Waals surface area (Å²) in [7, 11) is 3.13. The van der Waals surface area contributed by atoms with Crippen LogP contribution in [0.1, 0.15) is 17.3 Å². The highest BCUT2D eigenvalue weighted by Gasteiger charge is 2.17. The Morgan fingerprint density at radius 3 is 2.69 bits per heavy atom. The standard InChI is InChI=1S/C16H19Cl2N5O3/c1-8(24)6-20-15(25)9-4-10(17)12(5-13(9)26-3)22-16-21-7-11(18)14(19-2)23-16/h4-5,7-8,24H,6H2,1-3H3,(H,20,25)(H2,19,21,22,23). The summed E-state index contributed by atoms with van der Waals surface area (Å²) in [4.78, 5) is 20.5. The number of nitrogens with zero attached hydrogens (tertiary/aromatic N) is 2. The Morgan fingerprint density at radius 1 is 1.35 bits per heavy atom. The number of benzene rings is 1. The van der Waals surface area contributed by atoms with Crippen molar-refractivity contribution in [2.75, 3.05) is 31.3 Å². The number of methoxy groups -OCH3 is 1. The van der Waals surface area contributed by atoms with Crippen molar-refractivity contribution in [1.82, 2.24) is 15.3 Å². The normalized spacial score (nSPS) is 11.6. The zero-order valence-corrected chi connectivity index (χ0v) is 15.9. The average molecular weight is 400 g/mol. The fourth-order valence-electron chi connectivity index (χ4n) is 2.05. The zero-order chi connectivity index (χ0) is 19.3. The molecule has 0 saturated carbocycles. The first-order valence-corrected chi connectivity index (χ1v) is 8.42. The number of rotatable bonds is 7. The molecule has 1 heterocycles. The van der Waals surface area contributed by atoms with E-state index in [4.69, 9.17) is 27.9 Å². The van der Waals surface area contributed by atoms with Crippen LogP contribution in [-0.4, -0.2) is 47.8 Å². The lowest BCUT2D eigenvalue weighted by Gasteiger charge is -2.14. The van der Waals surface area contributed by atoms with Gasteiger partial charge in [-0.05, 0) is 13.0 Å². The second-order valence-corrected chi connectivity index (χ2v) is 6.17. The second kappa shape index (κ2) is 8.88. The second-order valence-electron chi connectivity index (χ2n) is 5.36. The van der Waals surface area contributed by atoms with Gasteiger partial charge < -0.3 is 25.8 Å². The number of amides is 1. The molecular formula is C16H19Cl2N5O3. The lowest BCUT2D eigenvalue weighted by atomic mass is 10.1. The minimum Gasteiger partial charge on any atom is -0.496 e. The van der Waals surface area contributed by atoms with E-state index in [-0.39, 0.29) is 23.1 Å². The van der Waals surface area contributed by atoms with Crippen LogP contribution in [0, 0.1) is 0 Å². The number of hydrogen-bond acceptors (Lipinski definition) is 7. The van der Waals surface area contributed by atoms with Crippen molar-refractivity contribution in [2.24, 2.45) is 0 Å². The van der Waals surface area contributed by atoms with E-state index < -0.39 is 12.0 Å². The number of carbonyl (C=O) groups excluding carboxylic acids is 1. The summed E-state index contributed by atoms with van der Waals surface area (Å²) in [6.45, 7) is 1.69. The Morgan fingerprint density at radius 2 is 2.08 bits per heavy atom. The summed E-state index contributed by atoms with van der Waals surface area (Å²) in [6, 6.07) is 3.03. The predicted molar refractivity (Wildman–Crippen MR) is 102 cm³/mol. The number of hydrogen-bond donors (Lipinski definition) is 4. The quantitative estimate of drug-likeness (QED) is 0.566. The SMILES string of the molecule is CNc1nc(Nc2cc(OC)c(C(=O)NCC(C)O)cc2Cl)ncc1Cl. The Balaban J connectivity index is 2.29. The number of anilines is 3. The first-order valence-electron chi connectivity index (χ1n) is 7.66. The molecule has 1 amide bonds. The van der Waals surface area contributed by atoms with Gasteiger partial charge in [-0.3, -0.25) is 4.79 Å². The third-order valence-corrected chi connectivity index (χ3v) is 3.91. The van der Waals surface area contributed by atoms with Gasteiger partial charge in [0.25, 0.3) is 5.91 Å². The largest absolute Gasteiger partial charge is 0.496 e. The molecule has 140 valence electrons. The molecule has 0 fully saturated rings. The van der Waals surface area contributed by atoms with E-state index in [1.807, 2.05) is 0 Å². The molecule has 0 bridgehead atoms. The summed E-state index contributed by atoms with van der Waals surface area (Å²) >= 11 is 12.2. The minimum atomic E-state index is -0.662. The van der Waals surface area contributed by atoms with Gasteiger partial charge in [0.15, 0.2) is 0 Å². The van der Waals surface area contributed by atoms with Gasteiger partial charge in [0.05, 0.1) is 35.7 Å². The van der Waals surface area contributed by atoms with Gasteiger partial charge in [-0.2, -0.15) is 4.98 Å². The number of carbonyl (C=O) groups is 1. The molecule has 0 aliphatic rings. The number of aromatic nitrogens is 2. The highest BCUT2D eigenvalue weighted by atomic mass is 35.5. The molecule has 8 nitrogen and oxygen atoms in total. The first-order chi connectivity index (χ1) is 12.3. The molecule has 26 heavy (non-hydrogen) atoms. The molecule has 0 aliphatic carbocycles. The molecule has 1 aromatic heterocycles. The van der Waals surface area contributed by atoms with E-state index in [2.05, 4.69) is 25.9 Å². The third-order valence-electron chi connectivity index (χ3n) is 3.32. The fourth-order valence-corrected chi connectivity index (χ4v) is 2.45. The Kier molecular flexibility index (Phi) is 6.84. The maximum Gasteiger partial charge on any atom is 0.255 e. The van der Waals surface area contributed by atoms with Gasteiger partial charge in [0.1, 0.15) is 16.6 Å². The van der Waals surface area contributed by atoms with Crippen LogP contribution >= 0.6 is 23.2 Å². The van der Waals surface area contributed by atoms with E-state index >= 15 is 0 Å². The number of nitrogens with one attached hydrogen (secondary N) is 3. The van der Waals surface area contributed by atoms with Crippen LogP contribution in [0.4, 0.5) is 17.5 Å². The Bertz CT molecular complexity index is 802. The van der Waals surface area contributed by atoms with Crippen LogP contribution < -0.4 is 20.7 Å². The van der Waals surface area contributed by atoms with Crippen molar-refractivity contribution >= 4 is 46.6 Å². The lowest BCUT2D eigenvalue weighted by molar-refractivity contribution is 0.0921. The highest BCUT2D eigenvalue weighted by Crippen LogP contribution is 2.32. The van der Waals surface area contributed by atoms with Crippen LogP contribution in [0.3, 0.4) is 0 Å². The monoisotopic (exact) mass is 399 g/mol. The van der Waals surface area contributed by atoms with Gasteiger partial charge in [0.2, 0.25) is 5.95 Å². The molecule has 1 unspecified atom stereocenters. The highest BCUT2D eigenvalue weighted by molar-refractivity contribution is 6.34. The van der Waals surface area contributed by atoms with Crippen molar-refractivity contribution in [3.63, 3.8) is 0 Å².